The Morgan fingerprint density at radius 1 is 1.05 bits per heavy atom. The molecule has 0 aliphatic carbocycles. The van der Waals surface area contributed by atoms with E-state index in [2.05, 4.69) is 0 Å². The minimum Gasteiger partial charge on any atom is -0.392 e. The van der Waals surface area contributed by atoms with Crippen molar-refractivity contribution in [2.45, 2.75) is 32.3 Å². The lowest BCUT2D eigenvalue weighted by Gasteiger charge is -2.11. The van der Waals surface area contributed by atoms with Gasteiger partial charge >= 0.3 is 0 Å². The lowest BCUT2D eigenvalue weighted by Crippen LogP contribution is -2.20. The maximum Gasteiger partial charge on any atom is 0.102 e. The van der Waals surface area contributed by atoms with Crippen LogP contribution in [0.1, 0.15) is 23.6 Å². The maximum absolute atomic E-state index is 9.70. The molecule has 0 saturated heterocycles. The first-order valence-electron chi connectivity index (χ1n) is 6.13. The first-order chi connectivity index (χ1) is 9.13. The third-order valence-electron chi connectivity index (χ3n) is 2.85. The fourth-order valence-corrected chi connectivity index (χ4v) is 1.78. The lowest BCUT2D eigenvalue weighted by molar-refractivity contribution is 0.0812. The Morgan fingerprint density at radius 3 is 2.32 bits per heavy atom. The van der Waals surface area contributed by atoms with Gasteiger partial charge in [-0.05, 0) is 23.6 Å². The van der Waals surface area contributed by atoms with Crippen LogP contribution in [0.25, 0.3) is 6.08 Å². The molecule has 4 N–H and O–H groups in total. The molecule has 0 bridgehead atoms. The lowest BCUT2D eigenvalue weighted by atomic mass is 10.0. The van der Waals surface area contributed by atoms with Crippen LogP contribution >= 0.6 is 0 Å². The summed E-state index contributed by atoms with van der Waals surface area (Å²) in [7, 11) is 0. The second kappa shape index (κ2) is 7.86. The molecule has 4 heteroatoms. The van der Waals surface area contributed by atoms with Crippen LogP contribution in [0.15, 0.2) is 36.4 Å². The molecule has 1 rings (SSSR count). The van der Waals surface area contributed by atoms with Crippen molar-refractivity contribution in [3.05, 3.63) is 53.1 Å². The summed E-state index contributed by atoms with van der Waals surface area (Å²) in [6.45, 7) is 1.42. The van der Waals surface area contributed by atoms with Gasteiger partial charge in [0.2, 0.25) is 0 Å². The zero-order valence-corrected chi connectivity index (χ0v) is 10.9. The summed E-state index contributed by atoms with van der Waals surface area (Å²) in [5.41, 5.74) is 1.97. The third-order valence-corrected chi connectivity index (χ3v) is 2.85. The Hall–Kier alpha value is -1.46. The summed E-state index contributed by atoms with van der Waals surface area (Å²) in [6, 6.07) is 5.27. The van der Waals surface area contributed by atoms with Crippen LogP contribution in [0.4, 0.5) is 0 Å². The van der Waals surface area contributed by atoms with Gasteiger partial charge in [-0.2, -0.15) is 0 Å². The fraction of sp³-hybridized carbons (Fsp3) is 0.333. The highest BCUT2D eigenvalue weighted by atomic mass is 16.3. The van der Waals surface area contributed by atoms with Crippen LogP contribution in [0.5, 0.6) is 0 Å². The summed E-state index contributed by atoms with van der Waals surface area (Å²) in [5, 5.41) is 37.7. The standard InChI is InChI=1S/C15H20O4/c1-2-4-14(18)15(19)8-7-11-5-3-6-12(9-16)13(11)10-17/h2-8,14-19H,9-10H2,1H3/t14-,15-/m0/s1. The zero-order valence-electron chi connectivity index (χ0n) is 10.9. The van der Waals surface area contributed by atoms with Crippen LogP contribution in [0.2, 0.25) is 0 Å². The quantitative estimate of drug-likeness (QED) is 0.577. The molecule has 0 aromatic heterocycles. The average molecular weight is 264 g/mol. The van der Waals surface area contributed by atoms with Gasteiger partial charge in [0.25, 0.3) is 0 Å². The van der Waals surface area contributed by atoms with E-state index in [4.69, 9.17) is 0 Å². The Bertz CT molecular complexity index is 451. The molecule has 0 spiro atoms. The summed E-state index contributed by atoms with van der Waals surface area (Å²) in [5.74, 6) is 0. The monoisotopic (exact) mass is 264 g/mol. The Kier molecular flexibility index (Phi) is 6.45. The number of benzene rings is 1. The van der Waals surface area contributed by atoms with Crippen molar-refractivity contribution >= 4 is 6.08 Å². The zero-order chi connectivity index (χ0) is 14.3. The van der Waals surface area contributed by atoms with Crippen LogP contribution in [-0.2, 0) is 13.2 Å². The van der Waals surface area contributed by atoms with Gasteiger partial charge in [0.15, 0.2) is 0 Å². The van der Waals surface area contributed by atoms with Crippen molar-refractivity contribution < 1.29 is 20.4 Å². The molecule has 0 radical (unpaired) electrons. The van der Waals surface area contributed by atoms with Gasteiger partial charge in [-0.3, -0.25) is 0 Å². The number of hydrogen-bond donors (Lipinski definition) is 4. The van der Waals surface area contributed by atoms with Crippen molar-refractivity contribution in [3.8, 4) is 0 Å². The molecular formula is C15H20O4. The Labute approximate surface area is 113 Å². The molecule has 1 aromatic rings. The van der Waals surface area contributed by atoms with Crippen molar-refractivity contribution in [3.63, 3.8) is 0 Å². The molecule has 0 saturated carbocycles. The Balaban J connectivity index is 2.93. The van der Waals surface area contributed by atoms with E-state index in [0.29, 0.717) is 16.7 Å². The van der Waals surface area contributed by atoms with Gasteiger partial charge in [-0.1, -0.05) is 42.5 Å². The molecule has 0 amide bonds. The summed E-state index contributed by atoms with van der Waals surface area (Å²) in [6.07, 6.45) is 4.27. The molecule has 0 fully saturated rings. The van der Waals surface area contributed by atoms with Gasteiger partial charge in [-0.15, -0.1) is 0 Å². The first-order valence-corrected chi connectivity index (χ1v) is 6.13. The van der Waals surface area contributed by atoms with Crippen LogP contribution in [0.3, 0.4) is 0 Å². The maximum atomic E-state index is 9.70. The largest absolute Gasteiger partial charge is 0.392 e. The summed E-state index contributed by atoms with van der Waals surface area (Å²) in [4.78, 5) is 0. The topological polar surface area (TPSA) is 80.9 Å². The van der Waals surface area contributed by atoms with E-state index in [-0.39, 0.29) is 13.2 Å². The smallest absolute Gasteiger partial charge is 0.102 e. The van der Waals surface area contributed by atoms with E-state index in [0.717, 1.165) is 0 Å². The fourth-order valence-electron chi connectivity index (χ4n) is 1.78. The highest BCUT2D eigenvalue weighted by Crippen LogP contribution is 2.17. The van der Waals surface area contributed by atoms with Gasteiger partial charge in [0.05, 0.1) is 13.2 Å². The SMILES string of the molecule is CC=C[C@H](O)[C@@H](O)C=Cc1cccc(CO)c1CO. The summed E-state index contributed by atoms with van der Waals surface area (Å²) < 4.78 is 0. The average Bonchev–Trinajstić information content (AvgIpc) is 2.44. The summed E-state index contributed by atoms with van der Waals surface area (Å²) >= 11 is 0. The number of hydrogen-bond acceptors (Lipinski definition) is 4. The number of allylic oxidation sites excluding steroid dienone is 1. The highest BCUT2D eigenvalue weighted by molar-refractivity contribution is 5.56. The third kappa shape index (κ3) is 4.29. The van der Waals surface area contributed by atoms with E-state index in [1.54, 1.807) is 37.3 Å². The number of aliphatic hydroxyl groups is 4. The molecule has 19 heavy (non-hydrogen) atoms. The van der Waals surface area contributed by atoms with Gasteiger partial charge in [0.1, 0.15) is 12.2 Å². The van der Waals surface area contributed by atoms with Crippen molar-refractivity contribution in [1.82, 2.24) is 0 Å². The predicted molar refractivity (Wildman–Crippen MR) is 74.1 cm³/mol. The first kappa shape index (κ1) is 15.6. The van der Waals surface area contributed by atoms with E-state index < -0.39 is 12.2 Å². The van der Waals surface area contributed by atoms with Crippen LogP contribution in [0, 0.1) is 0 Å². The molecule has 0 aliphatic heterocycles. The molecule has 4 nitrogen and oxygen atoms in total. The van der Waals surface area contributed by atoms with Crippen molar-refractivity contribution in [1.29, 1.82) is 0 Å². The molecule has 0 aliphatic rings. The van der Waals surface area contributed by atoms with Gasteiger partial charge in [-0.25, -0.2) is 0 Å². The van der Waals surface area contributed by atoms with Crippen LogP contribution in [-0.4, -0.2) is 32.6 Å². The van der Waals surface area contributed by atoms with E-state index in [1.807, 2.05) is 0 Å². The normalized spacial score (nSPS) is 15.2. The second-order valence-corrected chi connectivity index (χ2v) is 4.17. The van der Waals surface area contributed by atoms with Gasteiger partial charge in [0, 0.05) is 0 Å². The molecular weight excluding hydrogens is 244 g/mol. The number of aliphatic hydroxyl groups excluding tert-OH is 4. The van der Waals surface area contributed by atoms with E-state index in [9.17, 15) is 20.4 Å². The second-order valence-electron chi connectivity index (χ2n) is 4.17. The minimum absolute atomic E-state index is 0.151. The predicted octanol–water partition coefficient (Wildman–Crippen LogP) is 0.982. The Morgan fingerprint density at radius 2 is 1.74 bits per heavy atom. The molecule has 0 heterocycles. The molecule has 2 atom stereocenters. The highest BCUT2D eigenvalue weighted by Gasteiger charge is 2.09. The molecule has 0 unspecified atom stereocenters. The number of rotatable bonds is 6. The molecule has 1 aromatic carbocycles. The van der Waals surface area contributed by atoms with Crippen LogP contribution < -0.4 is 0 Å². The molecule has 104 valence electrons. The van der Waals surface area contributed by atoms with Crippen molar-refractivity contribution in [2.75, 3.05) is 0 Å². The minimum atomic E-state index is -1.01. The van der Waals surface area contributed by atoms with Crippen molar-refractivity contribution in [2.24, 2.45) is 0 Å². The van der Waals surface area contributed by atoms with E-state index >= 15 is 0 Å². The van der Waals surface area contributed by atoms with Gasteiger partial charge < -0.3 is 20.4 Å². The van der Waals surface area contributed by atoms with E-state index in [1.165, 1.54) is 12.2 Å².